The van der Waals surface area contributed by atoms with E-state index >= 15 is 0 Å². The van der Waals surface area contributed by atoms with Crippen LogP contribution in [0, 0.1) is 17.8 Å². The molecule has 0 aromatic carbocycles. The van der Waals surface area contributed by atoms with Crippen molar-refractivity contribution in [2.75, 3.05) is 6.61 Å². The molecule has 14 heavy (non-hydrogen) atoms. The summed E-state index contributed by atoms with van der Waals surface area (Å²) in [7, 11) is 0. The van der Waals surface area contributed by atoms with Crippen molar-refractivity contribution in [2.45, 2.75) is 25.7 Å². The SMILES string of the molecule is c1cc(OCC2CC3CCC2C3)[nH]n1. The van der Waals surface area contributed by atoms with Gasteiger partial charge in [-0.1, -0.05) is 6.42 Å². The van der Waals surface area contributed by atoms with Gasteiger partial charge in [-0.25, -0.2) is 5.10 Å². The van der Waals surface area contributed by atoms with E-state index in [-0.39, 0.29) is 0 Å². The zero-order valence-corrected chi connectivity index (χ0v) is 8.28. The van der Waals surface area contributed by atoms with E-state index in [1.54, 1.807) is 6.20 Å². The van der Waals surface area contributed by atoms with Crippen LogP contribution in [0.5, 0.6) is 5.88 Å². The Morgan fingerprint density at radius 1 is 1.43 bits per heavy atom. The minimum absolute atomic E-state index is 0.803. The lowest BCUT2D eigenvalue weighted by molar-refractivity contribution is 0.189. The van der Waals surface area contributed by atoms with Gasteiger partial charge in [-0.2, -0.15) is 5.10 Å². The van der Waals surface area contributed by atoms with Gasteiger partial charge in [0.1, 0.15) is 0 Å². The molecule has 1 aromatic rings. The zero-order valence-electron chi connectivity index (χ0n) is 8.28. The van der Waals surface area contributed by atoms with Crippen LogP contribution in [0.25, 0.3) is 0 Å². The maximum Gasteiger partial charge on any atom is 0.209 e. The van der Waals surface area contributed by atoms with Gasteiger partial charge in [0.15, 0.2) is 0 Å². The molecule has 1 heterocycles. The summed E-state index contributed by atoms with van der Waals surface area (Å²) < 4.78 is 5.66. The van der Waals surface area contributed by atoms with Crippen molar-refractivity contribution >= 4 is 0 Å². The minimum atomic E-state index is 0.803. The number of H-pyrrole nitrogens is 1. The van der Waals surface area contributed by atoms with E-state index in [2.05, 4.69) is 10.2 Å². The molecule has 2 bridgehead atoms. The Morgan fingerprint density at radius 2 is 2.43 bits per heavy atom. The molecule has 3 atom stereocenters. The highest BCUT2D eigenvalue weighted by Crippen LogP contribution is 2.48. The van der Waals surface area contributed by atoms with Crippen LogP contribution in [0.1, 0.15) is 25.7 Å². The molecule has 3 nitrogen and oxygen atoms in total. The van der Waals surface area contributed by atoms with Gasteiger partial charge in [0.2, 0.25) is 5.88 Å². The molecule has 1 aromatic heterocycles. The van der Waals surface area contributed by atoms with Gasteiger partial charge in [-0.3, -0.25) is 0 Å². The summed E-state index contributed by atoms with van der Waals surface area (Å²) in [6.45, 7) is 0.878. The summed E-state index contributed by atoms with van der Waals surface area (Å²) in [6, 6.07) is 1.88. The molecule has 2 aliphatic carbocycles. The van der Waals surface area contributed by atoms with Crippen LogP contribution in [-0.2, 0) is 0 Å². The molecule has 0 aliphatic heterocycles. The van der Waals surface area contributed by atoms with Crippen molar-refractivity contribution in [2.24, 2.45) is 17.8 Å². The third-order valence-corrected chi connectivity index (χ3v) is 3.81. The summed E-state index contributed by atoms with van der Waals surface area (Å²) >= 11 is 0. The van der Waals surface area contributed by atoms with Crippen molar-refractivity contribution in [3.63, 3.8) is 0 Å². The van der Waals surface area contributed by atoms with Crippen LogP contribution >= 0.6 is 0 Å². The second kappa shape index (κ2) is 3.30. The fourth-order valence-corrected chi connectivity index (χ4v) is 3.10. The maximum atomic E-state index is 5.66. The molecule has 1 N–H and O–H groups in total. The predicted molar refractivity (Wildman–Crippen MR) is 53.0 cm³/mol. The van der Waals surface area contributed by atoms with Crippen LogP contribution in [0.15, 0.2) is 12.3 Å². The fraction of sp³-hybridized carbons (Fsp3) is 0.727. The van der Waals surface area contributed by atoms with Crippen molar-refractivity contribution in [1.29, 1.82) is 0 Å². The van der Waals surface area contributed by atoms with Gasteiger partial charge < -0.3 is 4.74 Å². The summed E-state index contributed by atoms with van der Waals surface area (Å²) in [5.41, 5.74) is 0. The van der Waals surface area contributed by atoms with E-state index in [9.17, 15) is 0 Å². The molecular formula is C11H16N2O. The number of rotatable bonds is 3. The van der Waals surface area contributed by atoms with Gasteiger partial charge in [-0.15, -0.1) is 0 Å². The molecule has 2 fully saturated rings. The Morgan fingerprint density at radius 3 is 3.07 bits per heavy atom. The highest BCUT2D eigenvalue weighted by molar-refractivity contribution is 5.04. The summed E-state index contributed by atoms with van der Waals surface area (Å²) in [5.74, 6) is 3.57. The van der Waals surface area contributed by atoms with Crippen LogP contribution < -0.4 is 4.74 Å². The molecule has 3 unspecified atom stereocenters. The molecular weight excluding hydrogens is 176 g/mol. The van der Waals surface area contributed by atoms with Crippen LogP contribution in [0.3, 0.4) is 0 Å². The molecule has 0 spiro atoms. The van der Waals surface area contributed by atoms with Crippen LogP contribution in [0.2, 0.25) is 0 Å². The number of hydrogen-bond acceptors (Lipinski definition) is 2. The van der Waals surface area contributed by atoms with E-state index in [1.165, 1.54) is 25.7 Å². The monoisotopic (exact) mass is 192 g/mol. The lowest BCUT2D eigenvalue weighted by Crippen LogP contribution is -2.18. The number of hydrogen-bond donors (Lipinski definition) is 1. The van der Waals surface area contributed by atoms with Crippen molar-refractivity contribution < 1.29 is 4.74 Å². The van der Waals surface area contributed by atoms with Gasteiger partial charge in [0.05, 0.1) is 12.8 Å². The number of nitrogens with one attached hydrogen (secondary N) is 1. The molecule has 0 radical (unpaired) electrons. The lowest BCUT2D eigenvalue weighted by Gasteiger charge is -2.20. The van der Waals surface area contributed by atoms with Crippen LogP contribution in [0.4, 0.5) is 0 Å². The number of ether oxygens (including phenoxy) is 1. The average molecular weight is 192 g/mol. The minimum Gasteiger partial charge on any atom is -0.478 e. The van der Waals surface area contributed by atoms with Crippen LogP contribution in [-0.4, -0.2) is 16.8 Å². The fourth-order valence-electron chi connectivity index (χ4n) is 3.10. The summed E-state index contributed by atoms with van der Waals surface area (Å²) in [6.07, 6.45) is 7.47. The summed E-state index contributed by atoms with van der Waals surface area (Å²) in [5, 5.41) is 6.70. The Labute approximate surface area is 83.9 Å². The normalized spacial score (nSPS) is 35.0. The summed E-state index contributed by atoms with van der Waals surface area (Å²) in [4.78, 5) is 0. The Kier molecular flexibility index (Phi) is 1.96. The Bertz CT molecular complexity index is 296. The topological polar surface area (TPSA) is 37.9 Å². The number of nitrogens with zero attached hydrogens (tertiary/aromatic N) is 1. The molecule has 3 rings (SSSR count). The smallest absolute Gasteiger partial charge is 0.209 e. The second-order valence-electron chi connectivity index (χ2n) is 4.67. The van der Waals surface area contributed by atoms with Crippen molar-refractivity contribution in [1.82, 2.24) is 10.2 Å². The molecule has 2 saturated carbocycles. The van der Waals surface area contributed by atoms with E-state index in [0.717, 1.165) is 30.2 Å². The quantitative estimate of drug-likeness (QED) is 0.797. The van der Waals surface area contributed by atoms with E-state index in [0.29, 0.717) is 0 Å². The first-order valence-corrected chi connectivity index (χ1v) is 5.54. The Hall–Kier alpha value is -0.990. The van der Waals surface area contributed by atoms with Gasteiger partial charge in [0, 0.05) is 6.07 Å². The predicted octanol–water partition coefficient (Wildman–Crippen LogP) is 2.22. The zero-order chi connectivity index (χ0) is 9.38. The van der Waals surface area contributed by atoms with Gasteiger partial charge in [0.25, 0.3) is 0 Å². The third kappa shape index (κ3) is 1.41. The number of fused-ring (bicyclic) bond motifs is 2. The molecule has 2 aliphatic rings. The first-order chi connectivity index (χ1) is 6.92. The third-order valence-electron chi connectivity index (χ3n) is 3.81. The largest absolute Gasteiger partial charge is 0.478 e. The molecule has 3 heteroatoms. The van der Waals surface area contributed by atoms with E-state index in [1.807, 2.05) is 6.07 Å². The number of aromatic amines is 1. The molecule has 76 valence electrons. The average Bonchev–Trinajstić information content (AvgIpc) is 2.91. The first kappa shape index (κ1) is 8.33. The highest BCUT2D eigenvalue weighted by atomic mass is 16.5. The molecule has 0 saturated heterocycles. The van der Waals surface area contributed by atoms with E-state index in [4.69, 9.17) is 4.74 Å². The van der Waals surface area contributed by atoms with Gasteiger partial charge in [-0.05, 0) is 37.0 Å². The second-order valence-corrected chi connectivity index (χ2v) is 4.67. The number of aromatic nitrogens is 2. The van der Waals surface area contributed by atoms with Crippen molar-refractivity contribution in [3.8, 4) is 5.88 Å². The molecule has 0 amide bonds. The lowest BCUT2D eigenvalue weighted by atomic mass is 9.90. The standard InChI is InChI=1S/C11H16N2O/c1-2-9-5-8(1)6-10(9)7-14-11-3-4-12-13-11/h3-4,8-10H,1-2,5-7H2,(H,12,13). The maximum absolute atomic E-state index is 5.66. The van der Waals surface area contributed by atoms with E-state index < -0.39 is 0 Å². The van der Waals surface area contributed by atoms with Gasteiger partial charge >= 0.3 is 0 Å². The highest BCUT2D eigenvalue weighted by Gasteiger charge is 2.39. The first-order valence-electron chi connectivity index (χ1n) is 5.54. The van der Waals surface area contributed by atoms with Crippen molar-refractivity contribution in [3.05, 3.63) is 12.3 Å². The Balaban J connectivity index is 1.54.